The Bertz CT molecular complexity index is 759. The van der Waals surface area contributed by atoms with E-state index in [0.29, 0.717) is 24.7 Å². The van der Waals surface area contributed by atoms with Crippen LogP contribution in [0.2, 0.25) is 0 Å². The molecule has 7 heteroatoms. The summed E-state index contributed by atoms with van der Waals surface area (Å²) in [6.45, 7) is 0.814. The van der Waals surface area contributed by atoms with Crippen LogP contribution in [0.15, 0.2) is 47.4 Å². The van der Waals surface area contributed by atoms with Crippen LogP contribution in [0.3, 0.4) is 0 Å². The predicted molar refractivity (Wildman–Crippen MR) is 74.6 cm³/mol. The second kappa shape index (κ2) is 5.25. The van der Waals surface area contributed by atoms with Gasteiger partial charge in [0.25, 0.3) is 10.0 Å². The predicted octanol–water partition coefficient (Wildman–Crippen LogP) is 2.40. The number of fused-ring (bicyclic) bond motifs is 1. The Hall–Kier alpha value is -2.28. The summed E-state index contributed by atoms with van der Waals surface area (Å²) in [6, 6.07) is 9.45. The highest BCUT2D eigenvalue weighted by atomic mass is 32.2. The maximum absolute atomic E-state index is 12.8. The third kappa shape index (κ3) is 2.92. The fourth-order valence-electron chi connectivity index (χ4n) is 1.92. The van der Waals surface area contributed by atoms with Gasteiger partial charge in [-0.2, -0.15) is 0 Å². The van der Waals surface area contributed by atoms with Gasteiger partial charge in [-0.25, -0.2) is 12.8 Å². The SMILES string of the molecule is O=S(=O)(Nc1ccc(F)cc1)c1ccc2c(c1)OCCO2. The number of hydrogen-bond acceptors (Lipinski definition) is 4. The van der Waals surface area contributed by atoms with E-state index in [1.54, 1.807) is 6.07 Å². The Morgan fingerprint density at radius 2 is 1.62 bits per heavy atom. The first-order chi connectivity index (χ1) is 10.0. The molecule has 21 heavy (non-hydrogen) atoms. The molecule has 0 saturated carbocycles. The maximum Gasteiger partial charge on any atom is 0.262 e. The van der Waals surface area contributed by atoms with Gasteiger partial charge in [0.05, 0.1) is 4.90 Å². The molecule has 1 aliphatic heterocycles. The molecule has 0 radical (unpaired) electrons. The zero-order valence-corrected chi connectivity index (χ0v) is 11.7. The molecule has 2 aromatic carbocycles. The lowest BCUT2D eigenvalue weighted by atomic mass is 10.3. The van der Waals surface area contributed by atoms with Crippen LogP contribution in [-0.4, -0.2) is 21.6 Å². The first kappa shape index (κ1) is 13.7. The van der Waals surface area contributed by atoms with Gasteiger partial charge >= 0.3 is 0 Å². The summed E-state index contributed by atoms with van der Waals surface area (Å²) >= 11 is 0. The van der Waals surface area contributed by atoms with Crippen molar-refractivity contribution in [3.8, 4) is 11.5 Å². The molecule has 1 N–H and O–H groups in total. The number of rotatable bonds is 3. The van der Waals surface area contributed by atoms with E-state index in [9.17, 15) is 12.8 Å². The number of hydrogen-bond donors (Lipinski definition) is 1. The average Bonchev–Trinajstić information content (AvgIpc) is 2.49. The van der Waals surface area contributed by atoms with Gasteiger partial charge in [0, 0.05) is 11.8 Å². The molecule has 0 bridgehead atoms. The van der Waals surface area contributed by atoms with Crippen LogP contribution in [0.25, 0.3) is 0 Å². The van der Waals surface area contributed by atoms with Crippen molar-refractivity contribution in [2.24, 2.45) is 0 Å². The molecule has 3 rings (SSSR count). The second-order valence-electron chi connectivity index (χ2n) is 4.42. The van der Waals surface area contributed by atoms with E-state index in [-0.39, 0.29) is 10.6 Å². The van der Waals surface area contributed by atoms with Crippen LogP contribution in [-0.2, 0) is 10.0 Å². The summed E-state index contributed by atoms with van der Waals surface area (Å²) in [4.78, 5) is 0.0519. The highest BCUT2D eigenvalue weighted by molar-refractivity contribution is 7.92. The molecule has 0 fully saturated rings. The van der Waals surface area contributed by atoms with Crippen LogP contribution in [0, 0.1) is 5.82 Å². The smallest absolute Gasteiger partial charge is 0.262 e. The summed E-state index contributed by atoms with van der Waals surface area (Å²) < 4.78 is 50.4. The summed E-state index contributed by atoms with van der Waals surface area (Å²) in [5, 5.41) is 0. The molecule has 1 heterocycles. The number of halogens is 1. The van der Waals surface area contributed by atoms with E-state index in [4.69, 9.17) is 9.47 Å². The third-order valence-electron chi connectivity index (χ3n) is 2.92. The quantitative estimate of drug-likeness (QED) is 0.945. The summed E-state index contributed by atoms with van der Waals surface area (Å²) in [6.07, 6.45) is 0. The number of anilines is 1. The van der Waals surface area contributed by atoms with Crippen molar-refractivity contribution >= 4 is 15.7 Å². The minimum absolute atomic E-state index is 0.0519. The van der Waals surface area contributed by atoms with E-state index in [0.717, 1.165) is 0 Å². The van der Waals surface area contributed by atoms with Crippen molar-refractivity contribution < 1.29 is 22.3 Å². The Kier molecular flexibility index (Phi) is 3.42. The molecule has 0 aliphatic carbocycles. The lowest BCUT2D eigenvalue weighted by Gasteiger charge is -2.19. The van der Waals surface area contributed by atoms with Gasteiger partial charge in [-0.3, -0.25) is 4.72 Å². The van der Waals surface area contributed by atoms with Gasteiger partial charge in [-0.15, -0.1) is 0 Å². The maximum atomic E-state index is 12.8. The number of benzene rings is 2. The first-order valence-corrected chi connectivity index (χ1v) is 7.71. The molecular formula is C14H12FNO4S. The van der Waals surface area contributed by atoms with Gasteiger partial charge in [0.1, 0.15) is 19.0 Å². The molecule has 0 atom stereocenters. The molecule has 0 amide bonds. The lowest BCUT2D eigenvalue weighted by molar-refractivity contribution is 0.171. The van der Waals surface area contributed by atoms with Gasteiger partial charge in [-0.1, -0.05) is 0 Å². The largest absolute Gasteiger partial charge is 0.486 e. The molecule has 0 saturated heterocycles. The van der Waals surface area contributed by atoms with Crippen LogP contribution in [0.5, 0.6) is 11.5 Å². The van der Waals surface area contributed by atoms with E-state index < -0.39 is 15.8 Å². The van der Waals surface area contributed by atoms with Gasteiger partial charge < -0.3 is 9.47 Å². The van der Waals surface area contributed by atoms with Crippen LogP contribution < -0.4 is 14.2 Å². The Balaban J connectivity index is 1.89. The van der Waals surface area contributed by atoms with E-state index in [1.807, 2.05) is 0 Å². The fraction of sp³-hybridized carbons (Fsp3) is 0.143. The second-order valence-corrected chi connectivity index (χ2v) is 6.10. The molecule has 0 aromatic heterocycles. The van der Waals surface area contributed by atoms with Gasteiger partial charge in [-0.05, 0) is 36.4 Å². The highest BCUT2D eigenvalue weighted by Crippen LogP contribution is 2.32. The molecule has 110 valence electrons. The number of sulfonamides is 1. The zero-order chi connectivity index (χ0) is 14.9. The van der Waals surface area contributed by atoms with Crippen LogP contribution in [0.1, 0.15) is 0 Å². The Labute approximate surface area is 121 Å². The summed E-state index contributed by atoms with van der Waals surface area (Å²) in [5.41, 5.74) is 0.284. The van der Waals surface area contributed by atoms with E-state index in [1.165, 1.54) is 36.4 Å². The Morgan fingerprint density at radius 3 is 2.33 bits per heavy atom. The van der Waals surface area contributed by atoms with E-state index in [2.05, 4.69) is 4.72 Å². The summed E-state index contributed by atoms with van der Waals surface area (Å²) in [5.74, 6) is 0.475. The molecule has 2 aromatic rings. The summed E-state index contributed by atoms with van der Waals surface area (Å²) in [7, 11) is -3.77. The monoisotopic (exact) mass is 309 g/mol. The van der Waals surface area contributed by atoms with Crippen molar-refractivity contribution in [3.63, 3.8) is 0 Å². The topological polar surface area (TPSA) is 64.6 Å². The lowest BCUT2D eigenvalue weighted by Crippen LogP contribution is -2.17. The Morgan fingerprint density at radius 1 is 0.952 bits per heavy atom. The van der Waals surface area contributed by atoms with Crippen LogP contribution in [0.4, 0.5) is 10.1 Å². The van der Waals surface area contributed by atoms with Crippen molar-refractivity contribution in [1.82, 2.24) is 0 Å². The highest BCUT2D eigenvalue weighted by Gasteiger charge is 2.19. The molecule has 0 unspecified atom stereocenters. The van der Waals surface area contributed by atoms with Crippen molar-refractivity contribution in [3.05, 3.63) is 48.3 Å². The number of ether oxygens (including phenoxy) is 2. The molecule has 1 aliphatic rings. The minimum Gasteiger partial charge on any atom is -0.486 e. The van der Waals surface area contributed by atoms with E-state index >= 15 is 0 Å². The normalized spacial score (nSPS) is 13.8. The molecular weight excluding hydrogens is 297 g/mol. The average molecular weight is 309 g/mol. The molecule has 0 spiro atoms. The van der Waals surface area contributed by atoms with Crippen LogP contribution >= 0.6 is 0 Å². The third-order valence-corrected chi connectivity index (χ3v) is 4.30. The number of nitrogens with one attached hydrogen (secondary N) is 1. The molecule has 5 nitrogen and oxygen atoms in total. The first-order valence-electron chi connectivity index (χ1n) is 6.23. The fourth-order valence-corrected chi connectivity index (χ4v) is 3.00. The van der Waals surface area contributed by atoms with Gasteiger partial charge in [0.2, 0.25) is 0 Å². The standard InChI is InChI=1S/C14H12FNO4S/c15-10-1-3-11(4-2-10)16-21(17,18)12-5-6-13-14(9-12)20-8-7-19-13/h1-6,9,16H,7-8H2. The van der Waals surface area contributed by atoms with Crippen molar-refractivity contribution in [1.29, 1.82) is 0 Å². The minimum atomic E-state index is -3.77. The van der Waals surface area contributed by atoms with Gasteiger partial charge in [0.15, 0.2) is 11.5 Å². The zero-order valence-electron chi connectivity index (χ0n) is 10.9. The van der Waals surface area contributed by atoms with Crippen molar-refractivity contribution in [2.75, 3.05) is 17.9 Å². The van der Waals surface area contributed by atoms with Crippen molar-refractivity contribution in [2.45, 2.75) is 4.90 Å².